The van der Waals surface area contributed by atoms with Gasteiger partial charge in [0, 0.05) is 22.1 Å². The zero-order valence-electron chi connectivity index (χ0n) is 14.8. The van der Waals surface area contributed by atoms with E-state index in [0.29, 0.717) is 5.92 Å². The third-order valence-electron chi connectivity index (χ3n) is 3.73. The number of nitrogens with zero attached hydrogens (tertiary/aromatic N) is 1. The predicted octanol–water partition coefficient (Wildman–Crippen LogP) is 5.30. The van der Waals surface area contributed by atoms with Gasteiger partial charge in [-0.25, -0.2) is 4.98 Å². The second-order valence-electron chi connectivity index (χ2n) is 6.49. The second-order valence-corrected chi connectivity index (χ2v) is 8.57. The summed E-state index contributed by atoms with van der Waals surface area (Å²) >= 11 is 3.33. The molecule has 24 heavy (non-hydrogen) atoms. The number of thioether (sulfide) groups is 1. The molecule has 0 saturated carbocycles. The lowest BCUT2D eigenvalue weighted by Gasteiger charge is -2.16. The number of hydrogen-bond acceptors (Lipinski definition) is 4. The van der Waals surface area contributed by atoms with Gasteiger partial charge >= 0.3 is 0 Å². The Morgan fingerprint density at radius 3 is 2.67 bits per heavy atom. The molecule has 5 heteroatoms. The van der Waals surface area contributed by atoms with E-state index in [9.17, 15) is 4.79 Å². The van der Waals surface area contributed by atoms with Gasteiger partial charge < -0.3 is 5.32 Å². The average molecular weight is 363 g/mol. The molecule has 0 fully saturated rings. The van der Waals surface area contributed by atoms with Crippen molar-refractivity contribution >= 4 is 29.0 Å². The fraction of sp³-hybridized carbons (Fsp3) is 0.474. The smallest absolute Gasteiger partial charge is 0.252 e. The molecule has 0 aliphatic carbocycles. The summed E-state index contributed by atoms with van der Waals surface area (Å²) in [5, 5.41) is 6.29. The summed E-state index contributed by atoms with van der Waals surface area (Å²) in [5.74, 6) is 1.47. The summed E-state index contributed by atoms with van der Waals surface area (Å²) in [6, 6.07) is 8.01. The van der Waals surface area contributed by atoms with Crippen LogP contribution in [0.2, 0.25) is 0 Å². The van der Waals surface area contributed by atoms with Gasteiger partial charge in [0.2, 0.25) is 0 Å². The van der Waals surface area contributed by atoms with Crippen molar-refractivity contribution in [1.82, 2.24) is 10.3 Å². The highest BCUT2D eigenvalue weighted by Gasteiger charge is 2.14. The Morgan fingerprint density at radius 1 is 1.25 bits per heavy atom. The molecule has 0 aliphatic heterocycles. The number of rotatable bonds is 8. The summed E-state index contributed by atoms with van der Waals surface area (Å²) in [6.45, 7) is 8.51. The maximum Gasteiger partial charge on any atom is 0.252 e. The lowest BCUT2D eigenvalue weighted by atomic mass is 10.0. The van der Waals surface area contributed by atoms with Gasteiger partial charge in [0.05, 0.1) is 16.3 Å². The van der Waals surface area contributed by atoms with E-state index < -0.39 is 0 Å². The minimum Gasteiger partial charge on any atom is -0.350 e. The normalized spacial score (nSPS) is 12.4. The van der Waals surface area contributed by atoms with Crippen molar-refractivity contribution in [2.45, 2.75) is 57.2 Å². The molecule has 0 aliphatic rings. The number of nitrogens with one attached hydrogen (secondary N) is 1. The van der Waals surface area contributed by atoms with Crippen LogP contribution < -0.4 is 5.32 Å². The summed E-state index contributed by atoms with van der Waals surface area (Å²) in [7, 11) is 0. The van der Waals surface area contributed by atoms with Crippen LogP contribution in [0.25, 0.3) is 0 Å². The van der Waals surface area contributed by atoms with Crippen molar-refractivity contribution in [2.24, 2.45) is 5.92 Å². The lowest BCUT2D eigenvalue weighted by Crippen LogP contribution is -2.33. The molecule has 0 saturated heterocycles. The quantitative estimate of drug-likeness (QED) is 0.648. The first-order chi connectivity index (χ1) is 11.5. The van der Waals surface area contributed by atoms with E-state index in [1.165, 1.54) is 0 Å². The van der Waals surface area contributed by atoms with E-state index in [1.807, 2.05) is 31.2 Å². The molecule has 1 heterocycles. The molecule has 1 aromatic carbocycles. The maximum atomic E-state index is 12.6. The average Bonchev–Trinajstić information content (AvgIpc) is 2.96. The number of benzene rings is 1. The van der Waals surface area contributed by atoms with Crippen molar-refractivity contribution in [2.75, 3.05) is 0 Å². The van der Waals surface area contributed by atoms with Crippen LogP contribution in [-0.4, -0.2) is 16.9 Å². The van der Waals surface area contributed by atoms with Crippen molar-refractivity contribution in [3.05, 3.63) is 45.9 Å². The van der Waals surface area contributed by atoms with E-state index in [2.05, 4.69) is 36.5 Å². The van der Waals surface area contributed by atoms with E-state index in [1.54, 1.807) is 23.1 Å². The zero-order valence-corrected chi connectivity index (χ0v) is 16.5. The number of thiazole rings is 1. The third-order valence-corrected chi connectivity index (χ3v) is 5.66. The number of aromatic nitrogens is 1. The molecule has 3 nitrogen and oxygen atoms in total. The molecule has 2 rings (SSSR count). The van der Waals surface area contributed by atoms with Gasteiger partial charge in [-0.15, -0.1) is 23.1 Å². The Balaban J connectivity index is 1.98. The SMILES string of the molecule is Cc1nc(CSc2ccccc2C(=O)NC(C)CCC(C)C)cs1. The molecule has 1 unspecified atom stereocenters. The highest BCUT2D eigenvalue weighted by atomic mass is 32.2. The highest BCUT2D eigenvalue weighted by Crippen LogP contribution is 2.27. The molecule has 1 aromatic heterocycles. The van der Waals surface area contributed by atoms with Gasteiger partial charge in [-0.2, -0.15) is 0 Å². The highest BCUT2D eigenvalue weighted by molar-refractivity contribution is 7.98. The van der Waals surface area contributed by atoms with Gasteiger partial charge in [0.15, 0.2) is 0 Å². The van der Waals surface area contributed by atoms with Gasteiger partial charge in [0.1, 0.15) is 0 Å². The fourth-order valence-corrected chi connectivity index (χ4v) is 4.02. The van der Waals surface area contributed by atoms with Gasteiger partial charge in [-0.3, -0.25) is 4.79 Å². The number of aryl methyl sites for hydroxylation is 1. The number of hydrogen-bond donors (Lipinski definition) is 1. The summed E-state index contributed by atoms with van der Waals surface area (Å²) < 4.78 is 0. The number of carbonyl (C=O) groups is 1. The van der Waals surface area contributed by atoms with Crippen LogP contribution in [0.4, 0.5) is 0 Å². The van der Waals surface area contributed by atoms with Gasteiger partial charge in [0.25, 0.3) is 5.91 Å². The fourth-order valence-electron chi connectivity index (χ4n) is 2.36. The topological polar surface area (TPSA) is 42.0 Å². The van der Waals surface area contributed by atoms with Crippen molar-refractivity contribution in [3.63, 3.8) is 0 Å². The van der Waals surface area contributed by atoms with Crippen molar-refractivity contribution < 1.29 is 4.79 Å². The van der Waals surface area contributed by atoms with Gasteiger partial charge in [-0.1, -0.05) is 26.0 Å². The van der Waals surface area contributed by atoms with E-state index in [4.69, 9.17) is 0 Å². The maximum absolute atomic E-state index is 12.6. The molecule has 0 bridgehead atoms. The van der Waals surface area contributed by atoms with Crippen LogP contribution in [0.1, 0.15) is 54.7 Å². The Morgan fingerprint density at radius 2 is 2.00 bits per heavy atom. The molecule has 1 N–H and O–H groups in total. The van der Waals surface area contributed by atoms with E-state index >= 15 is 0 Å². The van der Waals surface area contributed by atoms with E-state index in [0.717, 1.165) is 39.8 Å². The Labute approximate surface area is 153 Å². The lowest BCUT2D eigenvalue weighted by molar-refractivity contribution is 0.0934. The Bertz CT molecular complexity index is 667. The first-order valence-electron chi connectivity index (χ1n) is 8.39. The molecule has 2 aromatic rings. The largest absolute Gasteiger partial charge is 0.350 e. The van der Waals surface area contributed by atoms with Crippen LogP contribution in [-0.2, 0) is 5.75 Å². The van der Waals surface area contributed by atoms with Crippen LogP contribution in [0.3, 0.4) is 0 Å². The van der Waals surface area contributed by atoms with E-state index in [-0.39, 0.29) is 11.9 Å². The second kappa shape index (κ2) is 9.23. The monoisotopic (exact) mass is 362 g/mol. The molecular weight excluding hydrogens is 336 g/mol. The summed E-state index contributed by atoms with van der Waals surface area (Å²) in [6.07, 6.45) is 2.14. The molecule has 1 atom stereocenters. The molecular formula is C19H26N2OS2. The number of carbonyl (C=O) groups excluding carboxylic acids is 1. The van der Waals surface area contributed by atoms with Crippen LogP contribution in [0.5, 0.6) is 0 Å². The Hall–Kier alpha value is -1.33. The zero-order chi connectivity index (χ0) is 17.5. The molecule has 0 spiro atoms. The van der Waals surface area contributed by atoms with Crippen molar-refractivity contribution in [1.29, 1.82) is 0 Å². The molecule has 0 radical (unpaired) electrons. The first-order valence-corrected chi connectivity index (χ1v) is 10.3. The predicted molar refractivity (Wildman–Crippen MR) is 104 cm³/mol. The Kier molecular flexibility index (Phi) is 7.31. The van der Waals surface area contributed by atoms with Gasteiger partial charge in [-0.05, 0) is 44.7 Å². The molecule has 1 amide bonds. The molecule has 130 valence electrons. The van der Waals surface area contributed by atoms with Crippen LogP contribution in [0.15, 0.2) is 34.5 Å². The third kappa shape index (κ3) is 5.95. The minimum absolute atomic E-state index is 0.0174. The minimum atomic E-state index is 0.0174. The standard InChI is InChI=1S/C19H26N2OS2/c1-13(2)9-10-14(3)20-19(22)17-7-5-6-8-18(17)24-12-16-11-23-15(4)21-16/h5-8,11,13-14H,9-10,12H2,1-4H3,(H,20,22). The summed E-state index contributed by atoms with van der Waals surface area (Å²) in [4.78, 5) is 18.1. The number of amides is 1. The first kappa shape index (κ1) is 19.0. The summed E-state index contributed by atoms with van der Waals surface area (Å²) in [5.41, 5.74) is 1.83. The van der Waals surface area contributed by atoms with Crippen LogP contribution >= 0.6 is 23.1 Å². The van der Waals surface area contributed by atoms with Crippen molar-refractivity contribution in [3.8, 4) is 0 Å². The van der Waals surface area contributed by atoms with Crippen LogP contribution in [0, 0.1) is 12.8 Å².